The minimum absolute atomic E-state index is 0.0216. The van der Waals surface area contributed by atoms with Crippen LogP contribution in [0.3, 0.4) is 0 Å². The summed E-state index contributed by atoms with van der Waals surface area (Å²) in [5.41, 5.74) is 1.32. The van der Waals surface area contributed by atoms with Gasteiger partial charge in [0.25, 0.3) is 5.91 Å². The fourth-order valence-corrected chi connectivity index (χ4v) is 4.49. The maximum absolute atomic E-state index is 13.4. The molecule has 2 atom stereocenters. The number of carbonyl (C=O) groups is 2. The van der Waals surface area contributed by atoms with Gasteiger partial charge >= 0.3 is 0 Å². The summed E-state index contributed by atoms with van der Waals surface area (Å²) >= 11 is 0. The smallest absolute Gasteiger partial charge is 0.254 e. The maximum Gasteiger partial charge on any atom is 0.254 e. The molecule has 2 heterocycles. The van der Waals surface area contributed by atoms with Crippen LogP contribution >= 0.6 is 0 Å². The second-order valence-corrected chi connectivity index (χ2v) is 8.61. The number of nitrogens with zero attached hydrogens (tertiary/aromatic N) is 1. The van der Waals surface area contributed by atoms with Gasteiger partial charge in [-0.3, -0.25) is 9.59 Å². The fourth-order valence-electron chi connectivity index (χ4n) is 4.49. The fraction of sp³-hybridized carbons (Fsp3) is 0.440. The van der Waals surface area contributed by atoms with Crippen LogP contribution in [0.5, 0.6) is 28.7 Å². The molecular weight excluding hydrogens is 440 g/mol. The van der Waals surface area contributed by atoms with Crippen molar-refractivity contribution in [2.75, 3.05) is 41.2 Å². The summed E-state index contributed by atoms with van der Waals surface area (Å²) in [4.78, 5) is 28.3. The van der Waals surface area contributed by atoms with Crippen LogP contribution in [0.2, 0.25) is 0 Å². The Bertz CT molecular complexity index is 1060. The van der Waals surface area contributed by atoms with E-state index in [0.717, 1.165) is 5.56 Å². The Labute approximate surface area is 198 Å². The van der Waals surface area contributed by atoms with E-state index in [-0.39, 0.29) is 37.1 Å². The van der Waals surface area contributed by atoms with Crippen molar-refractivity contribution in [3.05, 3.63) is 41.5 Å². The third kappa shape index (κ3) is 4.42. The third-order valence-electron chi connectivity index (χ3n) is 6.11. The van der Waals surface area contributed by atoms with Gasteiger partial charge in [0, 0.05) is 30.6 Å². The number of carbonyl (C=O) groups excluding carboxylic acids is 2. The molecule has 0 aliphatic carbocycles. The topological polar surface area (TPSA) is 95.6 Å². The van der Waals surface area contributed by atoms with Gasteiger partial charge in [0.2, 0.25) is 18.4 Å². The van der Waals surface area contributed by atoms with Crippen molar-refractivity contribution >= 4 is 11.8 Å². The lowest BCUT2D eigenvalue weighted by molar-refractivity contribution is -0.125. The monoisotopic (exact) mass is 470 g/mol. The number of hydrogen-bond donors (Lipinski definition) is 1. The number of fused-ring (bicyclic) bond motifs is 1. The van der Waals surface area contributed by atoms with E-state index >= 15 is 0 Å². The Kier molecular flexibility index (Phi) is 6.72. The Hall–Kier alpha value is -3.62. The molecule has 0 spiro atoms. The molecule has 182 valence electrons. The number of rotatable bonds is 7. The van der Waals surface area contributed by atoms with Crippen LogP contribution in [0, 0.1) is 5.92 Å². The molecule has 2 aliphatic rings. The van der Waals surface area contributed by atoms with Crippen LogP contribution in [-0.2, 0) is 4.79 Å². The molecule has 4 rings (SSSR count). The molecule has 0 unspecified atom stereocenters. The van der Waals surface area contributed by atoms with E-state index in [4.69, 9.17) is 23.7 Å². The highest BCUT2D eigenvalue weighted by molar-refractivity contribution is 5.96. The molecule has 1 fully saturated rings. The summed E-state index contributed by atoms with van der Waals surface area (Å²) in [6, 6.07) is 8.79. The van der Waals surface area contributed by atoms with Crippen LogP contribution in [0.4, 0.5) is 0 Å². The van der Waals surface area contributed by atoms with Crippen LogP contribution in [0.1, 0.15) is 35.7 Å². The van der Waals surface area contributed by atoms with Gasteiger partial charge in [-0.1, -0.05) is 0 Å². The van der Waals surface area contributed by atoms with Crippen molar-refractivity contribution in [3.8, 4) is 28.7 Å². The lowest BCUT2D eigenvalue weighted by Crippen LogP contribution is -2.39. The van der Waals surface area contributed by atoms with Gasteiger partial charge in [-0.15, -0.1) is 0 Å². The lowest BCUT2D eigenvalue weighted by Gasteiger charge is -2.21. The first-order valence-electron chi connectivity index (χ1n) is 11.2. The van der Waals surface area contributed by atoms with Gasteiger partial charge in [-0.2, -0.15) is 0 Å². The SMILES string of the molecule is COc1cc([C@H]2CN(C(=O)c3ccc4c(c3)OCO4)C[C@H]2C(=O)NC(C)C)cc(OC)c1OC. The quantitative estimate of drug-likeness (QED) is 0.665. The van der Waals surface area contributed by atoms with Crippen LogP contribution in [0.25, 0.3) is 0 Å². The average molecular weight is 471 g/mol. The van der Waals surface area contributed by atoms with E-state index in [1.54, 1.807) is 44.4 Å². The average Bonchev–Trinajstić information content (AvgIpc) is 3.49. The van der Waals surface area contributed by atoms with E-state index < -0.39 is 5.92 Å². The standard InChI is InChI=1S/C25H30N2O7/c1-14(2)26-24(28)18-12-27(25(29)15-6-7-19-20(8-15)34-13-33-19)11-17(18)16-9-21(30-3)23(32-5)22(10-16)31-4/h6-10,14,17-18H,11-13H2,1-5H3,(H,26,28)/t17-,18-/m1/s1. The van der Waals surface area contributed by atoms with Gasteiger partial charge in [0.1, 0.15) is 0 Å². The van der Waals surface area contributed by atoms with Crippen molar-refractivity contribution in [2.24, 2.45) is 5.92 Å². The molecule has 9 nitrogen and oxygen atoms in total. The third-order valence-corrected chi connectivity index (χ3v) is 6.11. The summed E-state index contributed by atoms with van der Waals surface area (Å²) in [5.74, 6) is 1.66. The van der Waals surface area contributed by atoms with E-state index in [0.29, 0.717) is 40.9 Å². The van der Waals surface area contributed by atoms with Gasteiger partial charge < -0.3 is 33.9 Å². The molecule has 2 amide bonds. The highest BCUT2D eigenvalue weighted by Crippen LogP contribution is 2.43. The summed E-state index contributed by atoms with van der Waals surface area (Å²) in [7, 11) is 4.64. The molecule has 2 aliphatic heterocycles. The van der Waals surface area contributed by atoms with E-state index in [1.165, 1.54) is 0 Å². The highest BCUT2D eigenvalue weighted by Gasteiger charge is 2.41. The molecule has 34 heavy (non-hydrogen) atoms. The summed E-state index contributed by atoms with van der Waals surface area (Å²) in [6.07, 6.45) is 0. The zero-order valence-corrected chi connectivity index (χ0v) is 20.0. The molecule has 2 aromatic rings. The predicted molar refractivity (Wildman–Crippen MR) is 124 cm³/mol. The Balaban J connectivity index is 1.67. The summed E-state index contributed by atoms with van der Waals surface area (Å²) < 4.78 is 27.2. The molecule has 0 saturated carbocycles. The number of benzene rings is 2. The summed E-state index contributed by atoms with van der Waals surface area (Å²) in [5, 5.41) is 3.00. The summed E-state index contributed by atoms with van der Waals surface area (Å²) in [6.45, 7) is 4.61. The number of hydrogen-bond acceptors (Lipinski definition) is 7. The predicted octanol–water partition coefficient (Wildman–Crippen LogP) is 2.82. The minimum atomic E-state index is -0.442. The van der Waals surface area contributed by atoms with Gasteiger partial charge in [-0.05, 0) is 49.7 Å². The zero-order chi connectivity index (χ0) is 24.4. The lowest BCUT2D eigenvalue weighted by atomic mass is 9.87. The molecule has 0 aromatic heterocycles. The number of nitrogens with one attached hydrogen (secondary N) is 1. The number of ether oxygens (including phenoxy) is 5. The van der Waals surface area contributed by atoms with E-state index in [2.05, 4.69) is 5.32 Å². The van der Waals surface area contributed by atoms with Crippen LogP contribution in [0.15, 0.2) is 30.3 Å². The Morgan fingerprint density at radius 1 is 0.971 bits per heavy atom. The number of amides is 2. The molecular formula is C25H30N2O7. The van der Waals surface area contributed by atoms with Crippen molar-refractivity contribution in [3.63, 3.8) is 0 Å². The molecule has 9 heteroatoms. The molecule has 1 saturated heterocycles. The van der Waals surface area contributed by atoms with Gasteiger partial charge in [0.05, 0.1) is 27.2 Å². The van der Waals surface area contributed by atoms with E-state index in [9.17, 15) is 9.59 Å². The second-order valence-electron chi connectivity index (χ2n) is 8.61. The number of methoxy groups -OCH3 is 3. The van der Waals surface area contributed by atoms with Crippen molar-refractivity contribution in [2.45, 2.75) is 25.8 Å². The largest absolute Gasteiger partial charge is 0.493 e. The van der Waals surface area contributed by atoms with E-state index in [1.807, 2.05) is 26.0 Å². The van der Waals surface area contributed by atoms with Crippen LogP contribution < -0.4 is 29.0 Å². The Morgan fingerprint density at radius 2 is 1.65 bits per heavy atom. The van der Waals surface area contributed by atoms with Crippen molar-refractivity contribution in [1.82, 2.24) is 10.2 Å². The van der Waals surface area contributed by atoms with Crippen molar-refractivity contribution < 1.29 is 33.3 Å². The first kappa shape index (κ1) is 23.5. The first-order chi connectivity index (χ1) is 16.4. The maximum atomic E-state index is 13.4. The molecule has 0 bridgehead atoms. The molecule has 0 radical (unpaired) electrons. The zero-order valence-electron chi connectivity index (χ0n) is 20.0. The first-order valence-corrected chi connectivity index (χ1v) is 11.2. The van der Waals surface area contributed by atoms with Crippen LogP contribution in [-0.4, -0.2) is 64.0 Å². The molecule has 1 N–H and O–H groups in total. The Morgan fingerprint density at radius 3 is 2.26 bits per heavy atom. The highest BCUT2D eigenvalue weighted by atomic mass is 16.7. The van der Waals surface area contributed by atoms with Gasteiger partial charge in [-0.25, -0.2) is 0 Å². The minimum Gasteiger partial charge on any atom is -0.493 e. The normalized spacial score (nSPS) is 18.7. The van der Waals surface area contributed by atoms with Crippen molar-refractivity contribution in [1.29, 1.82) is 0 Å². The second kappa shape index (κ2) is 9.70. The van der Waals surface area contributed by atoms with Gasteiger partial charge in [0.15, 0.2) is 23.0 Å². The number of likely N-dealkylation sites (tertiary alicyclic amines) is 1. The molecule has 2 aromatic carbocycles.